The summed E-state index contributed by atoms with van der Waals surface area (Å²) in [5.74, 6) is 0. The lowest BCUT2D eigenvalue weighted by molar-refractivity contribution is 0.0625. The molecule has 0 aromatic carbocycles. The average Bonchev–Trinajstić information content (AvgIpc) is 2.02. The second kappa shape index (κ2) is 7.08. The zero-order chi connectivity index (χ0) is 9.40. The molecule has 12 heavy (non-hydrogen) atoms. The summed E-state index contributed by atoms with van der Waals surface area (Å²) in [5.41, 5.74) is 0. The Hall–Kier alpha value is -0.590. The molecule has 0 saturated carbocycles. The topological polar surface area (TPSA) is 36.3 Å². The van der Waals surface area contributed by atoms with Gasteiger partial charge in [0.05, 0.1) is 25.3 Å². The van der Waals surface area contributed by atoms with Crippen LogP contribution in [0, 0.1) is 11.3 Å². The van der Waals surface area contributed by atoms with Gasteiger partial charge in [-0.2, -0.15) is 5.26 Å². The van der Waals surface area contributed by atoms with E-state index >= 15 is 0 Å². The number of likely N-dealkylation sites (N-methyl/N-ethyl adjacent to an activating group) is 1. The molecule has 3 heteroatoms. The Morgan fingerprint density at radius 3 is 2.58 bits per heavy atom. The van der Waals surface area contributed by atoms with Crippen molar-refractivity contribution in [3.05, 3.63) is 0 Å². The van der Waals surface area contributed by atoms with E-state index in [1.807, 2.05) is 20.8 Å². The van der Waals surface area contributed by atoms with Crippen LogP contribution in [0.15, 0.2) is 0 Å². The van der Waals surface area contributed by atoms with Crippen LogP contribution >= 0.6 is 0 Å². The number of nitriles is 1. The van der Waals surface area contributed by atoms with Gasteiger partial charge in [-0.15, -0.1) is 0 Å². The molecule has 0 saturated heterocycles. The van der Waals surface area contributed by atoms with Crippen LogP contribution in [0.3, 0.4) is 0 Å². The standard InChI is InChI=1S/C9H18N2O/c1-4-11(6-5-10)7-8-12-9(2)3/h9H,4,6-8H2,1-3H3. The summed E-state index contributed by atoms with van der Waals surface area (Å²) in [6.45, 7) is 9.05. The van der Waals surface area contributed by atoms with E-state index in [0.717, 1.165) is 13.1 Å². The summed E-state index contributed by atoms with van der Waals surface area (Å²) in [6, 6.07) is 2.13. The molecule has 0 rings (SSSR count). The Labute approximate surface area is 74.9 Å². The molecule has 0 radical (unpaired) electrons. The van der Waals surface area contributed by atoms with Crippen LogP contribution in [0.5, 0.6) is 0 Å². The molecule has 0 aliphatic carbocycles. The van der Waals surface area contributed by atoms with Crippen molar-refractivity contribution >= 4 is 0 Å². The van der Waals surface area contributed by atoms with Gasteiger partial charge in [-0.25, -0.2) is 0 Å². The fraction of sp³-hybridized carbons (Fsp3) is 0.889. The van der Waals surface area contributed by atoms with Crippen molar-refractivity contribution in [2.75, 3.05) is 26.2 Å². The first-order valence-corrected chi connectivity index (χ1v) is 4.41. The third-order valence-corrected chi connectivity index (χ3v) is 1.60. The van der Waals surface area contributed by atoms with Crippen LogP contribution in [0.1, 0.15) is 20.8 Å². The first kappa shape index (κ1) is 11.4. The van der Waals surface area contributed by atoms with E-state index in [9.17, 15) is 0 Å². The highest BCUT2D eigenvalue weighted by molar-refractivity contribution is 4.75. The molecule has 0 amide bonds. The van der Waals surface area contributed by atoms with Gasteiger partial charge >= 0.3 is 0 Å². The predicted molar refractivity (Wildman–Crippen MR) is 48.8 cm³/mol. The van der Waals surface area contributed by atoms with Gasteiger partial charge < -0.3 is 4.74 Å². The first-order chi connectivity index (χ1) is 5.70. The van der Waals surface area contributed by atoms with Gasteiger partial charge in [0.2, 0.25) is 0 Å². The largest absolute Gasteiger partial charge is 0.377 e. The van der Waals surface area contributed by atoms with Gasteiger partial charge in [-0.3, -0.25) is 4.90 Å². The van der Waals surface area contributed by atoms with Crippen LogP contribution < -0.4 is 0 Å². The zero-order valence-electron chi connectivity index (χ0n) is 8.21. The van der Waals surface area contributed by atoms with Crippen molar-refractivity contribution in [2.24, 2.45) is 0 Å². The number of hydrogen-bond acceptors (Lipinski definition) is 3. The molecule has 70 valence electrons. The van der Waals surface area contributed by atoms with E-state index in [2.05, 4.69) is 11.0 Å². The molecule has 0 aliphatic rings. The van der Waals surface area contributed by atoms with Crippen molar-refractivity contribution in [1.82, 2.24) is 4.90 Å². The van der Waals surface area contributed by atoms with Crippen LogP contribution in [0.4, 0.5) is 0 Å². The highest BCUT2D eigenvalue weighted by Crippen LogP contribution is 1.90. The monoisotopic (exact) mass is 170 g/mol. The summed E-state index contributed by atoms with van der Waals surface area (Å²) >= 11 is 0. The van der Waals surface area contributed by atoms with Gasteiger partial charge in [0, 0.05) is 6.54 Å². The lowest BCUT2D eigenvalue weighted by Gasteiger charge is -2.17. The quantitative estimate of drug-likeness (QED) is 0.563. The number of ether oxygens (including phenoxy) is 1. The Morgan fingerprint density at radius 2 is 2.17 bits per heavy atom. The molecule has 0 unspecified atom stereocenters. The molecule has 0 aromatic heterocycles. The molecule has 0 bridgehead atoms. The molecule has 0 heterocycles. The van der Waals surface area contributed by atoms with Crippen molar-refractivity contribution in [1.29, 1.82) is 5.26 Å². The molecular formula is C9H18N2O. The number of hydrogen-bond donors (Lipinski definition) is 0. The van der Waals surface area contributed by atoms with Crippen molar-refractivity contribution in [2.45, 2.75) is 26.9 Å². The van der Waals surface area contributed by atoms with Crippen LogP contribution in [-0.4, -0.2) is 37.2 Å². The fourth-order valence-electron chi connectivity index (χ4n) is 0.866. The van der Waals surface area contributed by atoms with Gasteiger partial charge in [0.1, 0.15) is 0 Å². The smallest absolute Gasteiger partial charge is 0.0866 e. The van der Waals surface area contributed by atoms with Gasteiger partial charge in [-0.1, -0.05) is 6.92 Å². The van der Waals surface area contributed by atoms with Gasteiger partial charge in [0.25, 0.3) is 0 Å². The Kier molecular flexibility index (Phi) is 6.73. The van der Waals surface area contributed by atoms with Crippen LogP contribution in [0.2, 0.25) is 0 Å². The number of rotatable bonds is 6. The molecule has 0 atom stereocenters. The highest BCUT2D eigenvalue weighted by Gasteiger charge is 2.00. The molecule has 0 spiro atoms. The lowest BCUT2D eigenvalue weighted by atomic mass is 10.4. The average molecular weight is 170 g/mol. The van der Waals surface area contributed by atoms with E-state index in [1.165, 1.54) is 0 Å². The maximum absolute atomic E-state index is 8.44. The first-order valence-electron chi connectivity index (χ1n) is 4.41. The van der Waals surface area contributed by atoms with E-state index in [1.54, 1.807) is 0 Å². The fourth-order valence-corrected chi connectivity index (χ4v) is 0.866. The summed E-state index contributed by atoms with van der Waals surface area (Å²) in [6.07, 6.45) is 0.283. The van der Waals surface area contributed by atoms with Crippen molar-refractivity contribution in [3.8, 4) is 6.07 Å². The molecule has 0 fully saturated rings. The van der Waals surface area contributed by atoms with Gasteiger partial charge in [-0.05, 0) is 20.4 Å². The SMILES string of the molecule is CCN(CC#N)CCOC(C)C. The van der Waals surface area contributed by atoms with Gasteiger partial charge in [0.15, 0.2) is 0 Å². The number of nitrogens with zero attached hydrogens (tertiary/aromatic N) is 2. The van der Waals surface area contributed by atoms with E-state index in [-0.39, 0.29) is 6.10 Å². The normalized spacial score (nSPS) is 10.7. The van der Waals surface area contributed by atoms with Crippen LogP contribution in [-0.2, 0) is 4.74 Å². The maximum atomic E-state index is 8.44. The van der Waals surface area contributed by atoms with Crippen molar-refractivity contribution in [3.63, 3.8) is 0 Å². The van der Waals surface area contributed by atoms with E-state index in [0.29, 0.717) is 13.2 Å². The molecule has 0 aliphatic heterocycles. The minimum atomic E-state index is 0.283. The second-order valence-electron chi connectivity index (χ2n) is 2.95. The highest BCUT2D eigenvalue weighted by atomic mass is 16.5. The Bertz CT molecular complexity index is 140. The van der Waals surface area contributed by atoms with Crippen LogP contribution in [0.25, 0.3) is 0 Å². The zero-order valence-corrected chi connectivity index (χ0v) is 8.21. The molecule has 0 aromatic rings. The summed E-state index contributed by atoms with van der Waals surface area (Å²) in [4.78, 5) is 2.06. The summed E-state index contributed by atoms with van der Waals surface area (Å²) in [7, 11) is 0. The predicted octanol–water partition coefficient (Wildman–Crippen LogP) is 1.26. The minimum absolute atomic E-state index is 0.283. The lowest BCUT2D eigenvalue weighted by Crippen LogP contribution is -2.28. The van der Waals surface area contributed by atoms with E-state index in [4.69, 9.17) is 10.00 Å². The Balaban J connectivity index is 3.39. The molecule has 3 nitrogen and oxygen atoms in total. The minimum Gasteiger partial charge on any atom is -0.377 e. The third kappa shape index (κ3) is 6.14. The van der Waals surface area contributed by atoms with Crippen molar-refractivity contribution < 1.29 is 4.74 Å². The molecular weight excluding hydrogens is 152 g/mol. The second-order valence-corrected chi connectivity index (χ2v) is 2.95. The Morgan fingerprint density at radius 1 is 1.50 bits per heavy atom. The third-order valence-electron chi connectivity index (χ3n) is 1.60. The molecule has 0 N–H and O–H groups in total. The summed E-state index contributed by atoms with van der Waals surface area (Å²) < 4.78 is 5.37. The summed E-state index contributed by atoms with van der Waals surface area (Å²) in [5, 5.41) is 8.44. The maximum Gasteiger partial charge on any atom is 0.0866 e. The van der Waals surface area contributed by atoms with E-state index < -0.39 is 0 Å².